The van der Waals surface area contributed by atoms with Crippen molar-refractivity contribution in [3.05, 3.63) is 47.3 Å². The summed E-state index contributed by atoms with van der Waals surface area (Å²) in [5, 5.41) is 6.52. The van der Waals surface area contributed by atoms with Gasteiger partial charge in [0.15, 0.2) is 0 Å². The number of aryl methyl sites for hydroxylation is 1. The Morgan fingerprint density at radius 1 is 1.35 bits per heavy atom. The largest absolute Gasteiger partial charge is 0.376 e. The van der Waals surface area contributed by atoms with Crippen LogP contribution in [0.5, 0.6) is 0 Å². The number of ether oxygens (including phenoxy) is 1. The number of aromatic nitrogens is 1. The molecule has 2 N–H and O–H groups in total. The van der Waals surface area contributed by atoms with Gasteiger partial charge >= 0.3 is 0 Å². The van der Waals surface area contributed by atoms with E-state index in [0.29, 0.717) is 24.6 Å². The van der Waals surface area contributed by atoms with Crippen molar-refractivity contribution in [2.45, 2.75) is 37.3 Å². The Hall–Kier alpha value is -2.23. The summed E-state index contributed by atoms with van der Waals surface area (Å²) < 4.78 is 37.7. The van der Waals surface area contributed by atoms with Crippen molar-refractivity contribution in [2.75, 3.05) is 13.2 Å². The quantitative estimate of drug-likeness (QED) is 0.752. The molecule has 2 aromatic rings. The van der Waals surface area contributed by atoms with Crippen LogP contribution in [0.2, 0.25) is 0 Å². The van der Waals surface area contributed by atoms with Crippen molar-refractivity contribution in [2.24, 2.45) is 0 Å². The lowest BCUT2D eigenvalue weighted by Crippen LogP contribution is -2.32. The summed E-state index contributed by atoms with van der Waals surface area (Å²) in [6.07, 6.45) is 1.93. The van der Waals surface area contributed by atoms with Crippen LogP contribution in [0.15, 0.2) is 39.8 Å². The predicted molar refractivity (Wildman–Crippen MR) is 93.0 cm³/mol. The van der Waals surface area contributed by atoms with Crippen molar-refractivity contribution in [1.29, 1.82) is 0 Å². The first kappa shape index (κ1) is 18.6. The van der Waals surface area contributed by atoms with Crippen molar-refractivity contribution in [1.82, 2.24) is 15.2 Å². The SMILES string of the molecule is Cc1cc(CNS(=O)(=O)c2cccc(C(=O)NC[C@H]3CCCO3)c2)no1. The Labute approximate surface area is 152 Å². The zero-order valence-electron chi connectivity index (χ0n) is 14.4. The first-order valence-corrected chi connectivity index (χ1v) is 9.84. The maximum absolute atomic E-state index is 12.4. The summed E-state index contributed by atoms with van der Waals surface area (Å²) in [5.74, 6) is 0.272. The minimum absolute atomic E-state index is 0.00904. The van der Waals surface area contributed by atoms with Crippen LogP contribution in [0.1, 0.15) is 34.7 Å². The monoisotopic (exact) mass is 379 g/mol. The van der Waals surface area contributed by atoms with Crippen LogP contribution in [0.3, 0.4) is 0 Å². The van der Waals surface area contributed by atoms with Crippen molar-refractivity contribution in [3.63, 3.8) is 0 Å². The molecular weight excluding hydrogens is 358 g/mol. The van der Waals surface area contributed by atoms with E-state index in [1.54, 1.807) is 19.1 Å². The van der Waals surface area contributed by atoms with Gasteiger partial charge in [0.05, 0.1) is 23.2 Å². The highest BCUT2D eigenvalue weighted by atomic mass is 32.2. The van der Waals surface area contributed by atoms with Gasteiger partial charge in [-0.05, 0) is 38.0 Å². The second-order valence-corrected chi connectivity index (χ2v) is 7.89. The van der Waals surface area contributed by atoms with Gasteiger partial charge in [-0.15, -0.1) is 0 Å². The van der Waals surface area contributed by atoms with Gasteiger partial charge in [-0.25, -0.2) is 13.1 Å². The van der Waals surface area contributed by atoms with Gasteiger partial charge < -0.3 is 14.6 Å². The molecular formula is C17H21N3O5S. The van der Waals surface area contributed by atoms with Crippen LogP contribution in [0.25, 0.3) is 0 Å². The normalized spacial score (nSPS) is 17.3. The van der Waals surface area contributed by atoms with E-state index in [0.717, 1.165) is 12.8 Å². The van der Waals surface area contributed by atoms with Gasteiger partial charge in [-0.1, -0.05) is 11.2 Å². The Bertz CT molecular complexity index is 872. The third-order valence-corrected chi connectivity index (χ3v) is 5.44. The molecule has 8 nitrogen and oxygen atoms in total. The molecule has 140 valence electrons. The smallest absolute Gasteiger partial charge is 0.251 e. The number of amides is 1. The molecule has 1 aromatic carbocycles. The number of nitrogens with one attached hydrogen (secondary N) is 2. The summed E-state index contributed by atoms with van der Waals surface area (Å²) in [6.45, 7) is 2.86. The predicted octanol–water partition coefficient (Wildman–Crippen LogP) is 1.37. The fourth-order valence-electron chi connectivity index (χ4n) is 2.67. The Morgan fingerprint density at radius 3 is 2.88 bits per heavy atom. The number of hydrogen-bond donors (Lipinski definition) is 2. The molecule has 0 aliphatic carbocycles. The molecule has 1 saturated heterocycles. The standard InChI is InChI=1S/C17H21N3O5S/c1-12-8-14(20-25-12)10-19-26(22,23)16-6-2-4-13(9-16)17(21)18-11-15-5-3-7-24-15/h2,4,6,8-9,15,19H,3,5,7,10-11H2,1H3,(H,18,21)/t15-/m1/s1. The fourth-order valence-corrected chi connectivity index (χ4v) is 3.72. The average Bonchev–Trinajstić information content (AvgIpc) is 3.29. The van der Waals surface area contributed by atoms with Gasteiger partial charge in [0.25, 0.3) is 5.91 Å². The lowest BCUT2D eigenvalue weighted by molar-refractivity contribution is 0.0857. The second kappa shape index (κ2) is 7.98. The van der Waals surface area contributed by atoms with E-state index in [-0.39, 0.29) is 29.0 Å². The van der Waals surface area contributed by atoms with Crippen LogP contribution >= 0.6 is 0 Å². The third kappa shape index (κ3) is 4.69. The maximum atomic E-state index is 12.4. The van der Waals surface area contributed by atoms with Gasteiger partial charge in [0, 0.05) is 24.8 Å². The van der Waals surface area contributed by atoms with E-state index in [1.807, 2.05) is 0 Å². The zero-order valence-corrected chi connectivity index (χ0v) is 15.2. The Morgan fingerprint density at radius 2 is 2.19 bits per heavy atom. The van der Waals surface area contributed by atoms with E-state index in [1.165, 1.54) is 18.2 Å². The highest BCUT2D eigenvalue weighted by molar-refractivity contribution is 7.89. The van der Waals surface area contributed by atoms with Crippen LogP contribution in [0.4, 0.5) is 0 Å². The van der Waals surface area contributed by atoms with E-state index >= 15 is 0 Å². The van der Waals surface area contributed by atoms with E-state index in [4.69, 9.17) is 9.26 Å². The molecule has 0 bridgehead atoms. The molecule has 1 atom stereocenters. The van der Waals surface area contributed by atoms with E-state index < -0.39 is 10.0 Å². The lowest BCUT2D eigenvalue weighted by atomic mass is 10.2. The number of hydrogen-bond acceptors (Lipinski definition) is 6. The molecule has 0 radical (unpaired) electrons. The third-order valence-electron chi connectivity index (χ3n) is 4.04. The highest BCUT2D eigenvalue weighted by Crippen LogP contribution is 2.14. The molecule has 26 heavy (non-hydrogen) atoms. The number of carbonyl (C=O) groups is 1. The van der Waals surface area contributed by atoms with Crippen LogP contribution in [-0.2, 0) is 21.3 Å². The highest BCUT2D eigenvalue weighted by Gasteiger charge is 2.19. The number of benzene rings is 1. The minimum atomic E-state index is -3.77. The minimum Gasteiger partial charge on any atom is -0.376 e. The summed E-state index contributed by atoms with van der Waals surface area (Å²) >= 11 is 0. The van der Waals surface area contributed by atoms with Crippen molar-refractivity contribution in [3.8, 4) is 0 Å². The summed E-state index contributed by atoms with van der Waals surface area (Å²) in [7, 11) is -3.77. The molecule has 3 rings (SSSR count). The van der Waals surface area contributed by atoms with Gasteiger partial charge in [0.2, 0.25) is 10.0 Å². The lowest BCUT2D eigenvalue weighted by Gasteiger charge is -2.11. The molecule has 1 amide bonds. The number of nitrogens with zero attached hydrogens (tertiary/aromatic N) is 1. The Balaban J connectivity index is 1.63. The molecule has 0 unspecified atom stereocenters. The molecule has 1 aliphatic rings. The molecule has 1 fully saturated rings. The topological polar surface area (TPSA) is 111 Å². The van der Waals surface area contributed by atoms with Gasteiger partial charge in [0.1, 0.15) is 5.76 Å². The molecule has 1 aliphatic heterocycles. The van der Waals surface area contributed by atoms with E-state index in [9.17, 15) is 13.2 Å². The molecule has 2 heterocycles. The fraction of sp³-hybridized carbons (Fsp3) is 0.412. The van der Waals surface area contributed by atoms with Gasteiger partial charge in [-0.3, -0.25) is 4.79 Å². The Kier molecular flexibility index (Phi) is 5.70. The molecule has 0 spiro atoms. The maximum Gasteiger partial charge on any atom is 0.251 e. The summed E-state index contributed by atoms with van der Waals surface area (Å²) in [5.41, 5.74) is 0.764. The van der Waals surface area contributed by atoms with E-state index in [2.05, 4.69) is 15.2 Å². The number of carbonyl (C=O) groups excluding carboxylic acids is 1. The van der Waals surface area contributed by atoms with Crippen LogP contribution in [-0.4, -0.2) is 38.7 Å². The number of rotatable bonds is 7. The first-order valence-electron chi connectivity index (χ1n) is 8.36. The second-order valence-electron chi connectivity index (χ2n) is 6.13. The molecule has 0 saturated carbocycles. The summed E-state index contributed by atoms with van der Waals surface area (Å²) in [6, 6.07) is 7.55. The zero-order chi connectivity index (χ0) is 18.6. The van der Waals surface area contributed by atoms with Crippen LogP contribution < -0.4 is 10.0 Å². The van der Waals surface area contributed by atoms with Gasteiger partial charge in [-0.2, -0.15) is 0 Å². The number of sulfonamides is 1. The van der Waals surface area contributed by atoms with Crippen LogP contribution in [0, 0.1) is 6.92 Å². The molecule has 1 aromatic heterocycles. The van der Waals surface area contributed by atoms with Crippen molar-refractivity contribution < 1.29 is 22.5 Å². The first-order chi connectivity index (χ1) is 12.4. The molecule has 9 heteroatoms. The average molecular weight is 379 g/mol. The summed E-state index contributed by atoms with van der Waals surface area (Å²) in [4.78, 5) is 12.3. The van der Waals surface area contributed by atoms with Crippen molar-refractivity contribution >= 4 is 15.9 Å².